The third-order valence-electron chi connectivity index (χ3n) is 16.5. The summed E-state index contributed by atoms with van der Waals surface area (Å²) in [6, 6.07) is 37.0. The highest BCUT2D eigenvalue weighted by Gasteiger charge is 2.31. The Balaban J connectivity index is 0.813. The molecule has 0 radical (unpaired) electrons. The number of nitriles is 3. The summed E-state index contributed by atoms with van der Waals surface area (Å²) in [7, 11) is 0. The SMILES string of the molecule is C=C(C(=O)Oc1ccc(C#N)c(F)c1)c1ccc(OCCCCCCCCCCOC(CC)(OCCCCCCCCCCOc2ccc(C(=C)C(=O)Oc3ccc(C#N)c(F)c3)cc2)OCCCCCCCCCCOc2ccc(C(=C)C(=O)Oc3ccc(C#N)c(F)c3)cc2)cc1. The molecule has 0 saturated carbocycles. The van der Waals surface area contributed by atoms with Gasteiger partial charge in [0.2, 0.25) is 0 Å². The summed E-state index contributed by atoms with van der Waals surface area (Å²) in [6.07, 6.45) is 26.0. The number of halogens is 3. The van der Waals surface area contributed by atoms with Crippen molar-refractivity contribution in [3.05, 3.63) is 198 Å². The number of benzene rings is 6. The van der Waals surface area contributed by atoms with Crippen molar-refractivity contribution < 1.29 is 70.2 Å². The molecule has 6 aromatic rings. The minimum absolute atomic E-state index is 0.0131. The van der Waals surface area contributed by atoms with Gasteiger partial charge >= 0.3 is 17.9 Å². The number of unbranched alkanes of at least 4 members (excludes halogenated alkanes) is 21. The second-order valence-corrected chi connectivity index (χ2v) is 24.1. The van der Waals surface area contributed by atoms with E-state index in [0.29, 0.717) is 80.0 Å². The van der Waals surface area contributed by atoms with Crippen LogP contribution in [0.15, 0.2) is 147 Å². The summed E-state index contributed by atoms with van der Waals surface area (Å²) in [4.78, 5) is 37.9. The third kappa shape index (κ3) is 28.5. The van der Waals surface area contributed by atoms with Crippen molar-refractivity contribution in [3.8, 4) is 52.7 Å². The van der Waals surface area contributed by atoms with Crippen molar-refractivity contribution in [1.29, 1.82) is 15.8 Å². The van der Waals surface area contributed by atoms with Gasteiger partial charge in [-0.3, -0.25) is 0 Å². The molecular formula is C81H92F3N3O12. The molecule has 0 aromatic heterocycles. The van der Waals surface area contributed by atoms with Crippen LogP contribution in [0.4, 0.5) is 13.2 Å². The molecule has 0 aliphatic rings. The number of rotatable bonds is 49. The molecule has 0 N–H and O–H groups in total. The van der Waals surface area contributed by atoms with E-state index >= 15 is 0 Å². The first kappa shape index (κ1) is 78.5. The normalized spacial score (nSPS) is 11.0. The van der Waals surface area contributed by atoms with Gasteiger partial charge in [-0.1, -0.05) is 179 Å². The average molecular weight is 1360 g/mol. The number of nitrogens with zero attached hydrogens (tertiary/aromatic N) is 3. The van der Waals surface area contributed by atoms with Gasteiger partial charge in [0, 0.05) is 24.6 Å². The predicted octanol–water partition coefficient (Wildman–Crippen LogP) is 19.6. The highest BCUT2D eigenvalue weighted by Crippen LogP contribution is 2.28. The number of ether oxygens (including phenoxy) is 9. The summed E-state index contributed by atoms with van der Waals surface area (Å²) in [5.74, 6) is -3.54. The molecule has 0 amide bonds. The molecule has 0 saturated heterocycles. The molecule has 0 heterocycles. The zero-order valence-corrected chi connectivity index (χ0v) is 57.0. The molecule has 99 heavy (non-hydrogen) atoms. The van der Waals surface area contributed by atoms with Crippen molar-refractivity contribution in [2.24, 2.45) is 0 Å². The number of hydrogen-bond donors (Lipinski definition) is 0. The van der Waals surface area contributed by atoms with E-state index in [-0.39, 0.29) is 50.7 Å². The Morgan fingerprint density at radius 3 is 0.758 bits per heavy atom. The monoisotopic (exact) mass is 1360 g/mol. The molecule has 15 nitrogen and oxygen atoms in total. The quantitative estimate of drug-likeness (QED) is 0.0114. The summed E-state index contributed by atoms with van der Waals surface area (Å²) >= 11 is 0. The zero-order chi connectivity index (χ0) is 70.9. The average Bonchev–Trinajstić information content (AvgIpc) is 0.928. The van der Waals surface area contributed by atoms with Crippen molar-refractivity contribution in [3.63, 3.8) is 0 Å². The van der Waals surface area contributed by atoms with Crippen LogP contribution in [0.1, 0.15) is 201 Å². The van der Waals surface area contributed by atoms with Crippen molar-refractivity contribution in [1.82, 2.24) is 0 Å². The highest BCUT2D eigenvalue weighted by molar-refractivity contribution is 6.17. The van der Waals surface area contributed by atoms with Crippen molar-refractivity contribution in [2.75, 3.05) is 39.6 Å². The molecule has 0 aliphatic heterocycles. The van der Waals surface area contributed by atoms with Crippen LogP contribution in [0.25, 0.3) is 16.7 Å². The second-order valence-electron chi connectivity index (χ2n) is 24.1. The molecule has 0 atom stereocenters. The van der Waals surface area contributed by atoms with Crippen molar-refractivity contribution in [2.45, 2.75) is 173 Å². The number of carbonyl (C=O) groups is 3. The molecule has 0 unspecified atom stereocenters. The Bertz CT molecular complexity index is 3290. The summed E-state index contributed by atoms with van der Waals surface area (Å²) in [5, 5.41) is 26.8. The van der Waals surface area contributed by atoms with E-state index in [4.69, 9.17) is 58.4 Å². The third-order valence-corrected chi connectivity index (χ3v) is 16.5. The van der Waals surface area contributed by atoms with Gasteiger partial charge < -0.3 is 42.6 Å². The minimum Gasteiger partial charge on any atom is -0.494 e. The smallest absolute Gasteiger partial charge is 0.343 e. The van der Waals surface area contributed by atoms with Gasteiger partial charge in [0.15, 0.2) is 0 Å². The lowest BCUT2D eigenvalue weighted by molar-refractivity contribution is -0.382. The topological polar surface area (TPSA) is 206 Å². The minimum atomic E-state index is -1.07. The van der Waals surface area contributed by atoms with Crippen LogP contribution in [0.5, 0.6) is 34.5 Å². The first-order valence-corrected chi connectivity index (χ1v) is 34.6. The maximum absolute atomic E-state index is 14.0. The van der Waals surface area contributed by atoms with E-state index in [1.54, 1.807) is 91.0 Å². The molecule has 0 spiro atoms. The fourth-order valence-corrected chi connectivity index (χ4v) is 10.5. The summed E-state index contributed by atoms with van der Waals surface area (Å²) < 4.78 is 95.0. The standard InChI is InChI=1S/C81H92F3N3O12/c1-5-81(94-51-27-21-15-9-6-12-18-24-48-91-69-39-30-63(31-40-69)60(2)78(88)97-72-45-36-66(57-85)75(82)54-72,95-52-28-22-16-10-7-13-19-25-49-92-70-41-32-64(33-42-70)61(3)79(89)98-73-46-37-67(58-86)76(83)55-73)96-53-29-23-17-11-8-14-20-26-50-93-71-43-34-65(35-44-71)62(4)80(90)99-74-47-38-68(59-87)77(84)56-74/h30-47,54-56H,2-29,48-53H2,1H3. The molecule has 6 aromatic carbocycles. The van der Waals surface area contributed by atoms with Gasteiger partial charge in [-0.2, -0.15) is 15.8 Å². The number of carbonyl (C=O) groups excluding carboxylic acids is 3. The Hall–Kier alpha value is -9.51. The van der Waals surface area contributed by atoms with E-state index in [9.17, 15) is 27.6 Å². The lowest BCUT2D eigenvalue weighted by Gasteiger charge is -2.32. The van der Waals surface area contributed by atoms with E-state index in [1.165, 1.54) is 36.4 Å². The summed E-state index contributed by atoms with van der Waals surface area (Å²) in [6.45, 7) is 17.0. The molecule has 0 fully saturated rings. The molecular weight excluding hydrogens is 1260 g/mol. The number of hydrogen-bond acceptors (Lipinski definition) is 15. The summed E-state index contributed by atoms with van der Waals surface area (Å²) in [5.41, 5.74) is 1.57. The molecule has 0 aliphatic carbocycles. The Morgan fingerprint density at radius 2 is 0.545 bits per heavy atom. The van der Waals surface area contributed by atoms with Gasteiger partial charge in [0.05, 0.1) is 73.1 Å². The molecule has 0 bridgehead atoms. The van der Waals surface area contributed by atoms with Crippen molar-refractivity contribution >= 4 is 34.6 Å². The van der Waals surface area contributed by atoms with E-state index in [0.717, 1.165) is 172 Å². The zero-order valence-electron chi connectivity index (χ0n) is 57.0. The van der Waals surface area contributed by atoms with E-state index < -0.39 is 41.3 Å². The van der Waals surface area contributed by atoms with Crippen LogP contribution >= 0.6 is 0 Å². The molecule has 6 rings (SSSR count). The van der Waals surface area contributed by atoms with Crippen LogP contribution in [0.2, 0.25) is 0 Å². The van der Waals surface area contributed by atoms with Crippen LogP contribution in [-0.4, -0.2) is 63.5 Å². The largest absolute Gasteiger partial charge is 0.494 e. The Labute approximate surface area is 581 Å². The Morgan fingerprint density at radius 1 is 0.333 bits per heavy atom. The highest BCUT2D eigenvalue weighted by atomic mass is 19.1. The molecule has 524 valence electrons. The first-order chi connectivity index (χ1) is 48.1. The van der Waals surface area contributed by atoms with E-state index in [2.05, 4.69) is 26.7 Å². The predicted molar refractivity (Wildman–Crippen MR) is 375 cm³/mol. The van der Waals surface area contributed by atoms with Crippen LogP contribution < -0.4 is 28.4 Å². The lowest BCUT2D eigenvalue weighted by Crippen LogP contribution is -2.39. The van der Waals surface area contributed by atoms with Crippen LogP contribution in [0.3, 0.4) is 0 Å². The maximum Gasteiger partial charge on any atom is 0.343 e. The fourth-order valence-electron chi connectivity index (χ4n) is 10.5. The van der Waals surface area contributed by atoms with Gasteiger partial charge in [-0.05, 0) is 128 Å². The lowest BCUT2D eigenvalue weighted by atomic mass is 10.1. The van der Waals surface area contributed by atoms with Crippen LogP contribution in [0, 0.1) is 51.4 Å². The second kappa shape index (κ2) is 44.4. The molecule has 18 heteroatoms. The van der Waals surface area contributed by atoms with Crippen LogP contribution in [-0.2, 0) is 28.6 Å². The van der Waals surface area contributed by atoms with Gasteiger partial charge in [0.1, 0.15) is 70.2 Å². The number of esters is 3. The fraction of sp³-hybridized carbons (Fsp3) is 0.407. The maximum atomic E-state index is 14.0. The van der Waals surface area contributed by atoms with E-state index in [1.807, 2.05) is 0 Å². The van der Waals surface area contributed by atoms with Gasteiger partial charge in [-0.25, -0.2) is 27.6 Å². The Kier molecular flexibility index (Phi) is 35.2. The first-order valence-electron chi connectivity index (χ1n) is 34.6. The van der Waals surface area contributed by atoms with Gasteiger partial charge in [-0.15, -0.1) is 0 Å². The van der Waals surface area contributed by atoms with Gasteiger partial charge in [0.25, 0.3) is 5.97 Å².